The first-order chi connectivity index (χ1) is 13.8. The smallest absolute Gasteiger partial charge is 0.303 e. The molecular weight excluding hydrogens is 386 g/mol. The van der Waals surface area contributed by atoms with Crippen molar-refractivity contribution in [1.29, 1.82) is 0 Å². The maximum atomic E-state index is 11.6. The van der Waals surface area contributed by atoms with Gasteiger partial charge in [0.25, 0.3) is 0 Å². The first-order valence-electron chi connectivity index (χ1n) is 9.55. The van der Waals surface area contributed by atoms with Crippen LogP contribution in [0.3, 0.4) is 0 Å². The summed E-state index contributed by atoms with van der Waals surface area (Å²) in [4.78, 5) is 37.3. The highest BCUT2D eigenvalue weighted by Gasteiger charge is 2.50. The molecule has 0 unspecified atom stereocenters. The van der Waals surface area contributed by atoms with E-state index in [1.165, 1.54) is 20.8 Å². The van der Waals surface area contributed by atoms with Gasteiger partial charge in [-0.05, 0) is 25.3 Å². The molecule has 11 heteroatoms. The van der Waals surface area contributed by atoms with Gasteiger partial charge >= 0.3 is 17.9 Å². The van der Waals surface area contributed by atoms with Crippen molar-refractivity contribution in [3.05, 3.63) is 10.4 Å². The number of ether oxygens (including phenoxy) is 5. The third-order valence-electron chi connectivity index (χ3n) is 4.13. The Morgan fingerprint density at radius 3 is 2.03 bits per heavy atom. The molecule has 0 amide bonds. The van der Waals surface area contributed by atoms with Crippen molar-refractivity contribution in [3.8, 4) is 0 Å². The Morgan fingerprint density at radius 1 is 0.897 bits per heavy atom. The molecule has 0 saturated carbocycles. The molecule has 1 fully saturated rings. The van der Waals surface area contributed by atoms with Crippen LogP contribution < -0.4 is 0 Å². The number of hydrogen-bond acceptors (Lipinski definition) is 9. The molecule has 0 radical (unpaired) electrons. The molecule has 0 bridgehead atoms. The Balaban J connectivity index is 2.75. The fourth-order valence-electron chi connectivity index (χ4n) is 2.99. The van der Waals surface area contributed by atoms with Gasteiger partial charge in [-0.2, -0.15) is 0 Å². The molecule has 0 spiro atoms. The van der Waals surface area contributed by atoms with Crippen LogP contribution in [0.15, 0.2) is 5.11 Å². The van der Waals surface area contributed by atoms with Crippen LogP contribution in [-0.2, 0) is 38.1 Å². The molecular formula is C18H29N3O8. The van der Waals surface area contributed by atoms with Crippen LogP contribution in [-0.4, -0.2) is 61.8 Å². The standard InChI is InChI=1S/C18H29N3O8/c1-11-15(27-12(2)22)16(28-13(3)23)17(29-14(4)24)18(26-11)25-10-8-6-5-7-9-20-21-19/h11,15-18H,5-10H2,1-4H3/t11-,15+,16+,17-,18+/m0/s1. The molecule has 0 aromatic rings. The summed E-state index contributed by atoms with van der Waals surface area (Å²) < 4.78 is 27.4. The van der Waals surface area contributed by atoms with Gasteiger partial charge in [0, 0.05) is 38.8 Å². The van der Waals surface area contributed by atoms with Crippen molar-refractivity contribution in [1.82, 2.24) is 0 Å². The minimum Gasteiger partial charge on any atom is -0.456 e. The maximum absolute atomic E-state index is 11.6. The SMILES string of the molecule is CC(=O)O[C@H]1[C@H](OC(C)=O)[C@H](OCCCCCCN=[N+]=[N-])O[C@@H](C)[C@H]1OC(C)=O. The molecule has 5 atom stereocenters. The van der Waals surface area contributed by atoms with E-state index >= 15 is 0 Å². The Morgan fingerprint density at radius 2 is 1.45 bits per heavy atom. The van der Waals surface area contributed by atoms with Gasteiger partial charge in [0.2, 0.25) is 0 Å². The van der Waals surface area contributed by atoms with E-state index in [1.807, 2.05) is 0 Å². The second-order valence-electron chi connectivity index (χ2n) is 6.67. The van der Waals surface area contributed by atoms with Crippen molar-refractivity contribution < 1.29 is 38.1 Å². The average molecular weight is 415 g/mol. The minimum absolute atomic E-state index is 0.321. The summed E-state index contributed by atoms with van der Waals surface area (Å²) in [6.07, 6.45) is -1.48. The summed E-state index contributed by atoms with van der Waals surface area (Å²) in [6, 6.07) is 0. The summed E-state index contributed by atoms with van der Waals surface area (Å²) >= 11 is 0. The Labute approximate surface area is 169 Å². The average Bonchev–Trinajstić information content (AvgIpc) is 2.62. The van der Waals surface area contributed by atoms with Gasteiger partial charge in [0.05, 0.1) is 6.10 Å². The van der Waals surface area contributed by atoms with Gasteiger partial charge in [-0.1, -0.05) is 18.0 Å². The molecule has 29 heavy (non-hydrogen) atoms. The van der Waals surface area contributed by atoms with Gasteiger partial charge in [0.1, 0.15) is 0 Å². The third-order valence-corrected chi connectivity index (χ3v) is 4.13. The van der Waals surface area contributed by atoms with E-state index in [2.05, 4.69) is 10.0 Å². The number of carbonyl (C=O) groups excluding carboxylic acids is 3. The zero-order valence-electron chi connectivity index (χ0n) is 17.2. The van der Waals surface area contributed by atoms with Crippen LogP contribution in [0.1, 0.15) is 53.4 Å². The molecule has 0 aromatic carbocycles. The van der Waals surface area contributed by atoms with E-state index in [4.69, 9.17) is 29.2 Å². The Kier molecular flexibility index (Phi) is 11.0. The summed E-state index contributed by atoms with van der Waals surface area (Å²) in [5, 5.41) is 3.47. The molecule has 164 valence electrons. The largest absolute Gasteiger partial charge is 0.456 e. The molecule has 1 rings (SSSR count). The van der Waals surface area contributed by atoms with Crippen LogP contribution in [0.25, 0.3) is 10.4 Å². The Bertz CT molecular complexity index is 608. The highest BCUT2D eigenvalue weighted by Crippen LogP contribution is 2.29. The first-order valence-corrected chi connectivity index (χ1v) is 9.55. The van der Waals surface area contributed by atoms with Gasteiger partial charge in [0.15, 0.2) is 24.6 Å². The van der Waals surface area contributed by atoms with E-state index in [1.54, 1.807) is 6.92 Å². The lowest BCUT2D eigenvalue weighted by Crippen LogP contribution is -2.61. The molecule has 0 N–H and O–H groups in total. The number of rotatable bonds is 11. The van der Waals surface area contributed by atoms with Crippen LogP contribution >= 0.6 is 0 Å². The lowest BCUT2D eigenvalue weighted by atomic mass is 9.99. The van der Waals surface area contributed by atoms with Crippen LogP contribution in [0.4, 0.5) is 0 Å². The van der Waals surface area contributed by atoms with Crippen LogP contribution in [0.2, 0.25) is 0 Å². The summed E-state index contributed by atoms with van der Waals surface area (Å²) in [5.74, 6) is -1.81. The van der Waals surface area contributed by atoms with E-state index in [0.717, 1.165) is 19.3 Å². The molecule has 0 aliphatic carbocycles. The van der Waals surface area contributed by atoms with Gasteiger partial charge in [-0.15, -0.1) is 0 Å². The zero-order valence-corrected chi connectivity index (χ0v) is 17.2. The summed E-state index contributed by atoms with van der Waals surface area (Å²) in [7, 11) is 0. The van der Waals surface area contributed by atoms with Crippen molar-refractivity contribution >= 4 is 17.9 Å². The number of azide groups is 1. The first kappa shape index (κ1) is 24.7. The quantitative estimate of drug-likeness (QED) is 0.125. The number of hydrogen-bond donors (Lipinski definition) is 0. The highest BCUT2D eigenvalue weighted by atomic mass is 16.7. The predicted molar refractivity (Wildman–Crippen MR) is 99.4 cm³/mol. The second-order valence-corrected chi connectivity index (χ2v) is 6.67. The van der Waals surface area contributed by atoms with Crippen molar-refractivity contribution in [2.45, 2.75) is 84.1 Å². The molecule has 1 aliphatic heterocycles. The van der Waals surface area contributed by atoms with Crippen molar-refractivity contribution in [2.75, 3.05) is 13.2 Å². The maximum Gasteiger partial charge on any atom is 0.303 e. The zero-order chi connectivity index (χ0) is 21.8. The second kappa shape index (κ2) is 13.0. The fraction of sp³-hybridized carbons (Fsp3) is 0.833. The number of nitrogens with zero attached hydrogens (tertiary/aromatic N) is 3. The van der Waals surface area contributed by atoms with Gasteiger partial charge in [-0.25, -0.2) is 0 Å². The van der Waals surface area contributed by atoms with Gasteiger partial charge < -0.3 is 23.7 Å². The monoisotopic (exact) mass is 415 g/mol. The molecule has 1 heterocycles. The molecule has 0 aromatic heterocycles. The van der Waals surface area contributed by atoms with E-state index in [0.29, 0.717) is 19.6 Å². The fourth-order valence-corrected chi connectivity index (χ4v) is 2.99. The number of carbonyl (C=O) groups is 3. The number of esters is 3. The van der Waals surface area contributed by atoms with E-state index in [-0.39, 0.29) is 0 Å². The highest BCUT2D eigenvalue weighted by molar-refractivity contribution is 5.68. The van der Waals surface area contributed by atoms with Crippen LogP contribution in [0, 0.1) is 0 Å². The summed E-state index contributed by atoms with van der Waals surface area (Å²) in [6.45, 7) is 6.08. The van der Waals surface area contributed by atoms with E-state index < -0.39 is 48.6 Å². The van der Waals surface area contributed by atoms with E-state index in [9.17, 15) is 14.4 Å². The number of unbranched alkanes of at least 4 members (excludes halogenated alkanes) is 3. The topological polar surface area (TPSA) is 146 Å². The molecule has 1 aliphatic rings. The Hall–Kier alpha value is -2.36. The van der Waals surface area contributed by atoms with Gasteiger partial charge in [-0.3, -0.25) is 14.4 Å². The minimum atomic E-state index is -1.08. The predicted octanol–water partition coefficient (Wildman–Crippen LogP) is 2.41. The lowest BCUT2D eigenvalue weighted by molar-refractivity contribution is -0.300. The van der Waals surface area contributed by atoms with Crippen LogP contribution in [0.5, 0.6) is 0 Å². The van der Waals surface area contributed by atoms with Crippen molar-refractivity contribution in [3.63, 3.8) is 0 Å². The third kappa shape index (κ3) is 9.12. The molecule has 1 saturated heterocycles. The summed E-state index contributed by atoms with van der Waals surface area (Å²) in [5.41, 5.74) is 8.23. The van der Waals surface area contributed by atoms with Crippen molar-refractivity contribution in [2.24, 2.45) is 5.11 Å². The lowest BCUT2D eigenvalue weighted by Gasteiger charge is -2.43. The molecule has 11 nitrogen and oxygen atoms in total. The normalized spacial score (nSPS) is 26.1.